The van der Waals surface area contributed by atoms with E-state index in [-0.39, 0.29) is 11.9 Å². The lowest BCUT2D eigenvalue weighted by Crippen LogP contribution is -2.19. The average molecular weight is 336 g/mol. The van der Waals surface area contributed by atoms with E-state index in [1.54, 1.807) is 6.92 Å². The lowest BCUT2D eigenvalue weighted by Gasteiger charge is -2.22. The van der Waals surface area contributed by atoms with Gasteiger partial charge in [-0.1, -0.05) is 48.6 Å². The first kappa shape index (κ1) is 17.4. The number of hydrogen-bond donors (Lipinski definition) is 0. The van der Waals surface area contributed by atoms with E-state index in [1.807, 2.05) is 42.5 Å². The third-order valence-corrected chi connectivity index (χ3v) is 4.37. The third kappa shape index (κ3) is 5.30. The molecule has 1 atom stereocenters. The minimum Gasteiger partial charge on any atom is -0.489 e. The lowest BCUT2D eigenvalue weighted by molar-refractivity contribution is -0.114. The van der Waals surface area contributed by atoms with Crippen molar-refractivity contribution in [2.24, 2.45) is 0 Å². The highest BCUT2D eigenvalue weighted by Crippen LogP contribution is 2.24. The van der Waals surface area contributed by atoms with Gasteiger partial charge in [0.05, 0.1) is 12.7 Å². The third-order valence-electron chi connectivity index (χ3n) is 4.37. The zero-order valence-electron chi connectivity index (χ0n) is 14.6. The SMILES string of the molecule is CC(=O)C1=CC(OCc2ccccc2)=CC(OCC2=CC=CCC2)C1. The molecule has 3 rings (SSSR count). The number of Topliss-reactive ketones (excluding diaryl/α,β-unsaturated/α-hetero) is 1. The van der Waals surface area contributed by atoms with Crippen LogP contribution in [0.4, 0.5) is 0 Å². The van der Waals surface area contributed by atoms with Crippen LogP contribution in [0.5, 0.6) is 0 Å². The molecule has 130 valence electrons. The molecule has 0 amide bonds. The Kier molecular flexibility index (Phi) is 6.02. The van der Waals surface area contributed by atoms with Crippen LogP contribution in [0.3, 0.4) is 0 Å². The average Bonchev–Trinajstić information content (AvgIpc) is 2.66. The molecule has 0 bridgehead atoms. The fraction of sp³-hybridized carbons (Fsp3) is 0.318. The van der Waals surface area contributed by atoms with Crippen molar-refractivity contribution in [1.29, 1.82) is 0 Å². The Hall–Kier alpha value is -2.39. The summed E-state index contributed by atoms with van der Waals surface area (Å²) in [4.78, 5) is 11.8. The number of ether oxygens (including phenoxy) is 2. The lowest BCUT2D eigenvalue weighted by atomic mass is 9.98. The van der Waals surface area contributed by atoms with Crippen molar-refractivity contribution < 1.29 is 14.3 Å². The predicted molar refractivity (Wildman–Crippen MR) is 98.9 cm³/mol. The number of rotatable bonds is 7. The minimum atomic E-state index is -0.124. The van der Waals surface area contributed by atoms with Gasteiger partial charge in [-0.05, 0) is 43.1 Å². The molecule has 0 spiro atoms. The summed E-state index contributed by atoms with van der Waals surface area (Å²) in [5.74, 6) is 0.783. The normalized spacial score (nSPS) is 19.7. The molecular formula is C22H24O3. The quantitative estimate of drug-likeness (QED) is 0.726. The van der Waals surface area contributed by atoms with Crippen LogP contribution < -0.4 is 0 Å². The van der Waals surface area contributed by atoms with E-state index in [0.717, 1.165) is 24.0 Å². The maximum atomic E-state index is 11.8. The Bertz CT molecular complexity index is 723. The number of carbonyl (C=O) groups is 1. The second-order valence-corrected chi connectivity index (χ2v) is 6.41. The molecule has 0 aliphatic heterocycles. The molecule has 0 saturated carbocycles. The van der Waals surface area contributed by atoms with E-state index < -0.39 is 0 Å². The molecular weight excluding hydrogens is 312 g/mol. The van der Waals surface area contributed by atoms with Gasteiger partial charge in [0.2, 0.25) is 0 Å². The molecule has 0 fully saturated rings. The first-order valence-corrected chi connectivity index (χ1v) is 8.77. The highest BCUT2D eigenvalue weighted by molar-refractivity contribution is 5.94. The second kappa shape index (κ2) is 8.63. The maximum Gasteiger partial charge on any atom is 0.156 e. The second-order valence-electron chi connectivity index (χ2n) is 6.41. The topological polar surface area (TPSA) is 35.5 Å². The van der Waals surface area contributed by atoms with Crippen molar-refractivity contribution in [3.8, 4) is 0 Å². The van der Waals surface area contributed by atoms with Crippen molar-refractivity contribution in [1.82, 2.24) is 0 Å². The maximum absolute atomic E-state index is 11.8. The molecule has 1 aromatic rings. The summed E-state index contributed by atoms with van der Waals surface area (Å²) in [6.45, 7) is 2.68. The fourth-order valence-corrected chi connectivity index (χ4v) is 2.91. The standard InChI is InChI=1S/C22H24O3/c1-17(23)20-12-21(24-15-18-8-4-2-5-9-18)14-22(13-20)25-16-19-10-6-3-7-11-19/h2-6,8-10,12,14,22H,7,11,13,15-16H2,1H3. The van der Waals surface area contributed by atoms with E-state index in [2.05, 4.69) is 18.2 Å². The number of benzene rings is 1. The van der Waals surface area contributed by atoms with Gasteiger partial charge in [-0.3, -0.25) is 4.79 Å². The molecule has 2 aliphatic rings. The largest absolute Gasteiger partial charge is 0.489 e. The zero-order valence-corrected chi connectivity index (χ0v) is 14.6. The van der Waals surface area contributed by atoms with Gasteiger partial charge in [0.1, 0.15) is 12.4 Å². The molecule has 0 radical (unpaired) electrons. The van der Waals surface area contributed by atoms with Crippen molar-refractivity contribution >= 4 is 5.78 Å². The van der Waals surface area contributed by atoms with Crippen molar-refractivity contribution in [3.05, 3.63) is 83.2 Å². The van der Waals surface area contributed by atoms with Crippen LogP contribution >= 0.6 is 0 Å². The zero-order chi connectivity index (χ0) is 17.5. The number of hydrogen-bond acceptors (Lipinski definition) is 3. The van der Waals surface area contributed by atoms with Gasteiger partial charge >= 0.3 is 0 Å². The first-order chi connectivity index (χ1) is 12.2. The van der Waals surface area contributed by atoms with Crippen LogP contribution in [0, 0.1) is 0 Å². The molecule has 1 unspecified atom stereocenters. The summed E-state index contributed by atoms with van der Waals surface area (Å²) in [5.41, 5.74) is 3.15. The Morgan fingerprint density at radius 1 is 1.20 bits per heavy atom. The number of carbonyl (C=O) groups excluding carboxylic acids is 1. The summed E-state index contributed by atoms with van der Waals surface area (Å²) in [5, 5.41) is 0. The fourth-order valence-electron chi connectivity index (χ4n) is 2.91. The van der Waals surface area contributed by atoms with Gasteiger partial charge < -0.3 is 9.47 Å². The molecule has 0 saturated heterocycles. The van der Waals surface area contributed by atoms with Gasteiger partial charge in [0, 0.05) is 12.0 Å². The summed E-state index contributed by atoms with van der Waals surface area (Å²) in [6, 6.07) is 10.0. The van der Waals surface area contributed by atoms with Crippen molar-refractivity contribution in [2.45, 2.75) is 38.9 Å². The highest BCUT2D eigenvalue weighted by atomic mass is 16.5. The molecule has 0 aromatic heterocycles. The van der Waals surface area contributed by atoms with E-state index in [1.165, 1.54) is 5.57 Å². The van der Waals surface area contributed by atoms with Crippen LogP contribution in [-0.2, 0) is 20.9 Å². The summed E-state index contributed by atoms with van der Waals surface area (Å²) in [7, 11) is 0. The Morgan fingerprint density at radius 3 is 2.76 bits per heavy atom. The molecule has 2 aliphatic carbocycles. The Morgan fingerprint density at radius 2 is 2.04 bits per heavy atom. The smallest absolute Gasteiger partial charge is 0.156 e. The molecule has 3 heteroatoms. The Balaban J connectivity index is 1.63. The van der Waals surface area contributed by atoms with E-state index in [9.17, 15) is 4.79 Å². The van der Waals surface area contributed by atoms with Crippen molar-refractivity contribution in [3.63, 3.8) is 0 Å². The van der Waals surface area contributed by atoms with E-state index in [0.29, 0.717) is 25.4 Å². The van der Waals surface area contributed by atoms with Gasteiger partial charge in [-0.15, -0.1) is 0 Å². The van der Waals surface area contributed by atoms with Gasteiger partial charge in [0.25, 0.3) is 0 Å². The number of ketones is 1. The highest BCUT2D eigenvalue weighted by Gasteiger charge is 2.20. The minimum absolute atomic E-state index is 0.0716. The summed E-state index contributed by atoms with van der Waals surface area (Å²) < 4.78 is 11.9. The van der Waals surface area contributed by atoms with Crippen LogP contribution in [0.25, 0.3) is 0 Å². The number of allylic oxidation sites excluding steroid dienone is 4. The Labute approximate surface area is 149 Å². The monoisotopic (exact) mass is 336 g/mol. The van der Waals surface area contributed by atoms with Crippen LogP contribution in [0.15, 0.2) is 77.6 Å². The van der Waals surface area contributed by atoms with Gasteiger partial charge in [0.15, 0.2) is 5.78 Å². The van der Waals surface area contributed by atoms with Crippen LogP contribution in [0.1, 0.15) is 31.7 Å². The van der Waals surface area contributed by atoms with Crippen molar-refractivity contribution in [2.75, 3.05) is 6.61 Å². The predicted octanol–water partition coefficient (Wildman–Crippen LogP) is 4.67. The molecule has 25 heavy (non-hydrogen) atoms. The van der Waals surface area contributed by atoms with Crippen LogP contribution in [-0.4, -0.2) is 18.5 Å². The van der Waals surface area contributed by atoms with E-state index in [4.69, 9.17) is 9.47 Å². The van der Waals surface area contributed by atoms with E-state index >= 15 is 0 Å². The van der Waals surface area contributed by atoms with Gasteiger partial charge in [-0.2, -0.15) is 0 Å². The summed E-state index contributed by atoms with van der Waals surface area (Å²) >= 11 is 0. The van der Waals surface area contributed by atoms with Crippen LogP contribution in [0.2, 0.25) is 0 Å². The molecule has 1 aromatic carbocycles. The molecule has 0 heterocycles. The molecule has 0 N–H and O–H groups in total. The summed E-state index contributed by atoms with van der Waals surface area (Å²) in [6.07, 6.45) is 12.8. The first-order valence-electron chi connectivity index (χ1n) is 8.77. The van der Waals surface area contributed by atoms with Gasteiger partial charge in [-0.25, -0.2) is 0 Å². The molecule has 3 nitrogen and oxygen atoms in total.